The number of rotatable bonds is 7. The summed E-state index contributed by atoms with van der Waals surface area (Å²) in [5, 5.41) is 2.71. The maximum Gasteiger partial charge on any atom is 0.245 e. The molecule has 1 aliphatic heterocycles. The van der Waals surface area contributed by atoms with Gasteiger partial charge in [0.05, 0.1) is 13.0 Å². The molecule has 1 heterocycles. The van der Waals surface area contributed by atoms with Crippen molar-refractivity contribution in [3.63, 3.8) is 0 Å². The van der Waals surface area contributed by atoms with Crippen molar-refractivity contribution < 1.29 is 14.4 Å². The van der Waals surface area contributed by atoms with Crippen molar-refractivity contribution in [2.75, 3.05) is 26.2 Å². The topological polar surface area (TPSA) is 69.7 Å². The molecular weight excluding hydrogens is 318 g/mol. The van der Waals surface area contributed by atoms with Crippen molar-refractivity contribution in [3.05, 3.63) is 35.9 Å². The molecule has 1 N–H and O–H groups in total. The van der Waals surface area contributed by atoms with Crippen molar-refractivity contribution in [1.29, 1.82) is 0 Å². The molecule has 0 aromatic heterocycles. The van der Waals surface area contributed by atoms with Crippen LogP contribution in [0, 0.1) is 0 Å². The van der Waals surface area contributed by atoms with Crippen LogP contribution in [0.2, 0.25) is 0 Å². The molecule has 6 heteroatoms. The van der Waals surface area contributed by atoms with Crippen LogP contribution in [0.3, 0.4) is 0 Å². The molecule has 1 aromatic carbocycles. The summed E-state index contributed by atoms with van der Waals surface area (Å²) >= 11 is 0. The van der Waals surface area contributed by atoms with Gasteiger partial charge in [-0.15, -0.1) is 0 Å². The first-order valence-corrected chi connectivity index (χ1v) is 8.95. The lowest BCUT2D eigenvalue weighted by Crippen LogP contribution is -2.50. The molecule has 0 spiro atoms. The van der Waals surface area contributed by atoms with E-state index in [1.807, 2.05) is 44.2 Å². The van der Waals surface area contributed by atoms with E-state index in [1.165, 1.54) is 4.90 Å². The van der Waals surface area contributed by atoms with Crippen LogP contribution in [-0.4, -0.2) is 59.7 Å². The van der Waals surface area contributed by atoms with Gasteiger partial charge in [0.2, 0.25) is 17.7 Å². The van der Waals surface area contributed by atoms with E-state index in [0.29, 0.717) is 32.5 Å². The van der Waals surface area contributed by atoms with Gasteiger partial charge in [0.1, 0.15) is 6.04 Å². The van der Waals surface area contributed by atoms with Crippen molar-refractivity contribution in [3.8, 4) is 0 Å². The van der Waals surface area contributed by atoms with Crippen LogP contribution in [0.1, 0.15) is 32.3 Å². The molecule has 1 aromatic rings. The SMILES string of the molecule is CCNC(=O)CN(CC)C(=O)C1CCCN1C(=O)Cc1ccccc1. The highest BCUT2D eigenvalue weighted by molar-refractivity contribution is 5.91. The highest BCUT2D eigenvalue weighted by Gasteiger charge is 2.36. The average molecular weight is 345 g/mol. The first-order chi connectivity index (χ1) is 12.1. The van der Waals surface area contributed by atoms with Crippen LogP contribution in [0.4, 0.5) is 0 Å². The van der Waals surface area contributed by atoms with E-state index in [9.17, 15) is 14.4 Å². The highest BCUT2D eigenvalue weighted by Crippen LogP contribution is 2.21. The van der Waals surface area contributed by atoms with E-state index in [0.717, 1.165) is 12.0 Å². The molecule has 0 radical (unpaired) electrons. The fraction of sp³-hybridized carbons (Fsp3) is 0.526. The second-order valence-electron chi connectivity index (χ2n) is 6.21. The van der Waals surface area contributed by atoms with E-state index in [2.05, 4.69) is 5.32 Å². The molecule has 1 fully saturated rings. The monoisotopic (exact) mass is 345 g/mol. The zero-order chi connectivity index (χ0) is 18.2. The van der Waals surface area contributed by atoms with Crippen molar-refractivity contribution in [1.82, 2.24) is 15.1 Å². The first kappa shape index (κ1) is 19.0. The number of hydrogen-bond acceptors (Lipinski definition) is 3. The Hall–Kier alpha value is -2.37. The van der Waals surface area contributed by atoms with E-state index < -0.39 is 6.04 Å². The van der Waals surface area contributed by atoms with Gasteiger partial charge in [0, 0.05) is 19.6 Å². The lowest BCUT2D eigenvalue weighted by molar-refractivity contribution is -0.144. The van der Waals surface area contributed by atoms with Crippen molar-refractivity contribution in [2.45, 2.75) is 39.2 Å². The van der Waals surface area contributed by atoms with E-state index >= 15 is 0 Å². The minimum absolute atomic E-state index is 0.0314. The van der Waals surface area contributed by atoms with E-state index in [4.69, 9.17) is 0 Å². The Morgan fingerprint density at radius 1 is 1.20 bits per heavy atom. The van der Waals surface area contributed by atoms with Crippen LogP contribution in [0.25, 0.3) is 0 Å². The molecule has 0 saturated carbocycles. The Bertz CT molecular complexity index is 603. The zero-order valence-electron chi connectivity index (χ0n) is 15.0. The van der Waals surface area contributed by atoms with E-state index in [1.54, 1.807) is 4.90 Å². The van der Waals surface area contributed by atoms with Gasteiger partial charge < -0.3 is 15.1 Å². The molecule has 25 heavy (non-hydrogen) atoms. The number of carbonyl (C=O) groups is 3. The van der Waals surface area contributed by atoms with Crippen LogP contribution < -0.4 is 5.32 Å². The van der Waals surface area contributed by atoms with Gasteiger partial charge in [-0.1, -0.05) is 30.3 Å². The van der Waals surface area contributed by atoms with Crippen LogP contribution in [-0.2, 0) is 20.8 Å². The van der Waals surface area contributed by atoms with Gasteiger partial charge in [-0.05, 0) is 32.3 Å². The largest absolute Gasteiger partial charge is 0.355 e. The third-order valence-corrected chi connectivity index (χ3v) is 4.46. The zero-order valence-corrected chi connectivity index (χ0v) is 15.0. The van der Waals surface area contributed by atoms with Gasteiger partial charge in [-0.3, -0.25) is 14.4 Å². The Morgan fingerprint density at radius 2 is 1.92 bits per heavy atom. The lowest BCUT2D eigenvalue weighted by atomic mass is 10.1. The number of nitrogens with zero attached hydrogens (tertiary/aromatic N) is 2. The van der Waals surface area contributed by atoms with Gasteiger partial charge >= 0.3 is 0 Å². The summed E-state index contributed by atoms with van der Waals surface area (Å²) in [6.45, 7) is 5.32. The Balaban J connectivity index is 2.02. The first-order valence-electron chi connectivity index (χ1n) is 8.95. The predicted molar refractivity (Wildman–Crippen MR) is 95.8 cm³/mol. The van der Waals surface area contributed by atoms with Crippen LogP contribution >= 0.6 is 0 Å². The summed E-state index contributed by atoms with van der Waals surface area (Å²) < 4.78 is 0. The third kappa shape index (κ3) is 5.05. The minimum atomic E-state index is -0.453. The molecular formula is C19H27N3O3. The molecule has 6 nitrogen and oxygen atoms in total. The number of hydrogen-bond donors (Lipinski definition) is 1. The van der Waals surface area contributed by atoms with Gasteiger partial charge in [0.25, 0.3) is 0 Å². The number of likely N-dealkylation sites (N-methyl/N-ethyl adjacent to an activating group) is 2. The fourth-order valence-electron chi connectivity index (χ4n) is 3.18. The standard InChI is InChI=1S/C19H27N3O3/c1-3-20-17(23)14-21(4-2)19(25)16-11-8-12-22(16)18(24)13-15-9-6-5-7-10-15/h5-7,9-10,16H,3-4,8,11-14H2,1-2H3,(H,20,23). The van der Waals surface area contributed by atoms with Crippen LogP contribution in [0.5, 0.6) is 0 Å². The van der Waals surface area contributed by atoms with Crippen molar-refractivity contribution >= 4 is 17.7 Å². The summed E-state index contributed by atoms with van der Waals surface area (Å²) in [7, 11) is 0. The lowest BCUT2D eigenvalue weighted by Gasteiger charge is -2.29. The molecule has 1 unspecified atom stereocenters. The number of carbonyl (C=O) groups excluding carboxylic acids is 3. The summed E-state index contributed by atoms with van der Waals surface area (Å²) in [5.74, 6) is -0.332. The smallest absolute Gasteiger partial charge is 0.245 e. The second-order valence-corrected chi connectivity index (χ2v) is 6.21. The number of amides is 3. The molecule has 1 aliphatic rings. The van der Waals surface area contributed by atoms with E-state index in [-0.39, 0.29) is 24.3 Å². The molecule has 2 rings (SSSR count). The molecule has 0 aliphatic carbocycles. The molecule has 136 valence electrons. The normalized spacial score (nSPS) is 16.6. The maximum absolute atomic E-state index is 12.8. The van der Waals surface area contributed by atoms with Gasteiger partial charge in [0.15, 0.2) is 0 Å². The molecule has 1 atom stereocenters. The Kier molecular flexibility index (Phi) is 6.98. The highest BCUT2D eigenvalue weighted by atomic mass is 16.2. The number of nitrogens with one attached hydrogen (secondary N) is 1. The quantitative estimate of drug-likeness (QED) is 0.807. The fourth-order valence-corrected chi connectivity index (χ4v) is 3.18. The average Bonchev–Trinajstić information content (AvgIpc) is 3.10. The minimum Gasteiger partial charge on any atom is -0.355 e. The molecule has 0 bridgehead atoms. The maximum atomic E-state index is 12.8. The Morgan fingerprint density at radius 3 is 2.56 bits per heavy atom. The summed E-state index contributed by atoms with van der Waals surface area (Å²) in [4.78, 5) is 40.5. The van der Waals surface area contributed by atoms with Gasteiger partial charge in [-0.25, -0.2) is 0 Å². The summed E-state index contributed by atoms with van der Waals surface area (Å²) in [6.07, 6.45) is 1.77. The van der Waals surface area contributed by atoms with Crippen molar-refractivity contribution in [2.24, 2.45) is 0 Å². The molecule has 3 amide bonds. The Labute approximate surface area is 149 Å². The number of benzene rings is 1. The molecule has 1 saturated heterocycles. The van der Waals surface area contributed by atoms with Crippen LogP contribution in [0.15, 0.2) is 30.3 Å². The second kappa shape index (κ2) is 9.20. The summed E-state index contributed by atoms with van der Waals surface area (Å²) in [5.41, 5.74) is 0.945. The van der Waals surface area contributed by atoms with Gasteiger partial charge in [-0.2, -0.15) is 0 Å². The third-order valence-electron chi connectivity index (χ3n) is 4.46. The summed E-state index contributed by atoms with van der Waals surface area (Å²) in [6, 6.07) is 9.10. The predicted octanol–water partition coefficient (Wildman–Crippen LogP) is 1.20. The number of likely N-dealkylation sites (tertiary alicyclic amines) is 1.